The summed E-state index contributed by atoms with van der Waals surface area (Å²) in [5.74, 6) is 0. The van der Waals surface area contributed by atoms with Crippen LogP contribution in [0.3, 0.4) is 0 Å². The van der Waals surface area contributed by atoms with Gasteiger partial charge in [0.1, 0.15) is 5.60 Å². The van der Waals surface area contributed by atoms with Gasteiger partial charge in [-0.05, 0) is 33.6 Å². The van der Waals surface area contributed by atoms with E-state index < -0.39 is 11.7 Å². The van der Waals surface area contributed by atoms with Crippen molar-refractivity contribution in [1.29, 1.82) is 0 Å². The Morgan fingerprint density at radius 2 is 2.06 bits per heavy atom. The Morgan fingerprint density at radius 3 is 2.47 bits per heavy atom. The fraction of sp³-hybridized carbons (Fsp3) is 0.917. The van der Waals surface area contributed by atoms with Gasteiger partial charge in [-0.2, -0.15) is 0 Å². The molecule has 1 rings (SSSR count). The number of rotatable bonds is 4. The number of carbonyl (C=O) groups excluding carboxylic acids is 1. The number of hydrogen-bond donors (Lipinski definition) is 2. The van der Waals surface area contributed by atoms with Crippen LogP contribution in [0.1, 0.15) is 33.6 Å². The van der Waals surface area contributed by atoms with E-state index in [0.717, 1.165) is 12.8 Å². The van der Waals surface area contributed by atoms with Gasteiger partial charge in [0.15, 0.2) is 0 Å². The van der Waals surface area contributed by atoms with E-state index in [2.05, 4.69) is 5.32 Å². The lowest BCUT2D eigenvalue weighted by molar-refractivity contribution is -0.0479. The number of nitrogens with one attached hydrogen (secondary N) is 1. The number of carbonyl (C=O) groups is 1. The Morgan fingerprint density at radius 1 is 1.47 bits per heavy atom. The molecule has 0 saturated heterocycles. The van der Waals surface area contributed by atoms with E-state index in [1.54, 1.807) is 7.11 Å². The summed E-state index contributed by atoms with van der Waals surface area (Å²) < 4.78 is 10.2. The number of aliphatic hydroxyl groups excluding tert-OH is 1. The minimum absolute atomic E-state index is 0.0761. The van der Waals surface area contributed by atoms with Gasteiger partial charge in [0.05, 0.1) is 13.2 Å². The van der Waals surface area contributed by atoms with Gasteiger partial charge in [0.25, 0.3) is 0 Å². The minimum atomic E-state index is -0.478. The van der Waals surface area contributed by atoms with Gasteiger partial charge in [0.2, 0.25) is 0 Å². The lowest BCUT2D eigenvalue weighted by atomic mass is 9.66. The molecule has 0 spiro atoms. The molecule has 0 radical (unpaired) electrons. The predicted octanol–water partition coefficient (Wildman–Crippen LogP) is 1.30. The van der Waals surface area contributed by atoms with Gasteiger partial charge in [-0.25, -0.2) is 4.79 Å². The average molecular weight is 245 g/mol. The van der Waals surface area contributed by atoms with E-state index in [1.807, 2.05) is 20.8 Å². The molecule has 1 aliphatic rings. The Kier molecular flexibility index (Phi) is 4.38. The second kappa shape index (κ2) is 5.23. The Bertz CT molecular complexity index is 266. The second-order valence-corrected chi connectivity index (χ2v) is 5.84. The summed E-state index contributed by atoms with van der Waals surface area (Å²) in [6.07, 6.45) is 1.07. The van der Waals surface area contributed by atoms with Crippen molar-refractivity contribution in [2.45, 2.75) is 45.3 Å². The van der Waals surface area contributed by atoms with E-state index in [9.17, 15) is 9.90 Å². The SMILES string of the molecule is COCC1(CO)CC(NC(=O)OC(C)(C)C)C1. The maximum atomic E-state index is 11.5. The van der Waals surface area contributed by atoms with Crippen LogP contribution in [0.5, 0.6) is 0 Å². The van der Waals surface area contributed by atoms with Gasteiger partial charge < -0.3 is 19.9 Å². The third-order valence-electron chi connectivity index (χ3n) is 2.87. The molecule has 17 heavy (non-hydrogen) atoms. The van der Waals surface area contributed by atoms with Crippen LogP contribution in [0.25, 0.3) is 0 Å². The Balaban J connectivity index is 2.31. The second-order valence-electron chi connectivity index (χ2n) is 5.84. The maximum Gasteiger partial charge on any atom is 0.407 e. The first kappa shape index (κ1) is 14.3. The molecule has 1 aliphatic carbocycles. The fourth-order valence-electron chi connectivity index (χ4n) is 2.16. The van der Waals surface area contributed by atoms with E-state index >= 15 is 0 Å². The molecule has 1 saturated carbocycles. The van der Waals surface area contributed by atoms with E-state index in [-0.39, 0.29) is 18.1 Å². The lowest BCUT2D eigenvalue weighted by Crippen LogP contribution is -2.55. The standard InChI is InChI=1S/C12H23NO4/c1-11(2,3)17-10(15)13-9-5-12(6-9,7-14)8-16-4/h9,14H,5-8H2,1-4H3,(H,13,15). The number of alkyl carbamates (subject to hydrolysis) is 1. The summed E-state index contributed by atoms with van der Waals surface area (Å²) >= 11 is 0. The highest BCUT2D eigenvalue weighted by molar-refractivity contribution is 5.68. The number of hydrogen-bond acceptors (Lipinski definition) is 4. The largest absolute Gasteiger partial charge is 0.444 e. The molecule has 100 valence electrons. The van der Waals surface area contributed by atoms with E-state index in [4.69, 9.17) is 9.47 Å². The van der Waals surface area contributed by atoms with Crippen LogP contribution in [0.4, 0.5) is 4.79 Å². The molecule has 0 aliphatic heterocycles. The zero-order valence-corrected chi connectivity index (χ0v) is 11.1. The van der Waals surface area contributed by atoms with Gasteiger partial charge in [-0.1, -0.05) is 0 Å². The topological polar surface area (TPSA) is 67.8 Å². The summed E-state index contributed by atoms with van der Waals surface area (Å²) in [4.78, 5) is 11.5. The van der Waals surface area contributed by atoms with Gasteiger partial charge >= 0.3 is 6.09 Å². The first-order valence-corrected chi connectivity index (χ1v) is 5.89. The van der Waals surface area contributed by atoms with Crippen molar-refractivity contribution >= 4 is 6.09 Å². The molecule has 0 unspecified atom stereocenters. The summed E-state index contributed by atoms with van der Waals surface area (Å²) in [5, 5.41) is 12.1. The molecule has 1 amide bonds. The monoisotopic (exact) mass is 245 g/mol. The van der Waals surface area contributed by atoms with Crippen LogP contribution in [-0.4, -0.2) is 43.2 Å². The van der Waals surface area contributed by atoms with E-state index in [1.165, 1.54) is 0 Å². The lowest BCUT2D eigenvalue weighted by Gasteiger charge is -2.46. The molecule has 0 aromatic rings. The highest BCUT2D eigenvalue weighted by Gasteiger charge is 2.44. The van der Waals surface area contributed by atoms with Crippen LogP contribution in [-0.2, 0) is 9.47 Å². The Hall–Kier alpha value is -0.810. The molecule has 0 atom stereocenters. The Labute approximate surface area is 102 Å². The number of aliphatic hydroxyl groups is 1. The van der Waals surface area contributed by atoms with Gasteiger partial charge in [-0.15, -0.1) is 0 Å². The van der Waals surface area contributed by atoms with Crippen LogP contribution in [0.2, 0.25) is 0 Å². The van der Waals surface area contributed by atoms with E-state index in [0.29, 0.717) is 6.61 Å². The molecule has 1 fully saturated rings. The molecule has 2 N–H and O–H groups in total. The van der Waals surface area contributed by atoms with Gasteiger partial charge in [0, 0.05) is 18.6 Å². The predicted molar refractivity (Wildman–Crippen MR) is 63.8 cm³/mol. The number of methoxy groups -OCH3 is 1. The summed E-state index contributed by atoms with van der Waals surface area (Å²) in [6.45, 7) is 6.10. The smallest absolute Gasteiger partial charge is 0.407 e. The zero-order chi connectivity index (χ0) is 13.1. The van der Waals surface area contributed by atoms with Crippen LogP contribution in [0.15, 0.2) is 0 Å². The molecular weight excluding hydrogens is 222 g/mol. The third-order valence-corrected chi connectivity index (χ3v) is 2.87. The highest BCUT2D eigenvalue weighted by atomic mass is 16.6. The first-order valence-electron chi connectivity index (χ1n) is 5.89. The number of amides is 1. The van der Waals surface area contributed by atoms with Crippen LogP contribution < -0.4 is 5.32 Å². The van der Waals surface area contributed by atoms with Crippen molar-refractivity contribution < 1.29 is 19.4 Å². The van der Waals surface area contributed by atoms with Crippen molar-refractivity contribution in [3.8, 4) is 0 Å². The molecule has 5 heteroatoms. The normalized spacial score (nSPS) is 28.4. The molecular formula is C12H23NO4. The van der Waals surface area contributed by atoms with Crippen LogP contribution >= 0.6 is 0 Å². The van der Waals surface area contributed by atoms with Gasteiger partial charge in [-0.3, -0.25) is 0 Å². The molecule has 0 aromatic carbocycles. The maximum absolute atomic E-state index is 11.5. The molecule has 0 heterocycles. The summed E-state index contributed by atoms with van der Waals surface area (Å²) in [5.41, 5.74) is -0.664. The average Bonchev–Trinajstić information content (AvgIpc) is 2.11. The summed E-state index contributed by atoms with van der Waals surface area (Å²) in [7, 11) is 1.62. The van der Waals surface area contributed by atoms with Crippen molar-refractivity contribution in [2.75, 3.05) is 20.3 Å². The minimum Gasteiger partial charge on any atom is -0.444 e. The molecule has 0 aromatic heterocycles. The highest BCUT2D eigenvalue weighted by Crippen LogP contribution is 2.40. The quantitative estimate of drug-likeness (QED) is 0.783. The number of ether oxygens (including phenoxy) is 2. The molecule has 0 bridgehead atoms. The molecule has 5 nitrogen and oxygen atoms in total. The van der Waals surface area contributed by atoms with Crippen molar-refractivity contribution in [3.63, 3.8) is 0 Å². The van der Waals surface area contributed by atoms with Crippen molar-refractivity contribution in [3.05, 3.63) is 0 Å². The van der Waals surface area contributed by atoms with Crippen LogP contribution in [0, 0.1) is 5.41 Å². The zero-order valence-electron chi connectivity index (χ0n) is 11.1. The van der Waals surface area contributed by atoms with Crippen molar-refractivity contribution in [2.24, 2.45) is 5.41 Å². The van der Waals surface area contributed by atoms with Crippen molar-refractivity contribution in [1.82, 2.24) is 5.32 Å². The third kappa shape index (κ3) is 4.16. The summed E-state index contributed by atoms with van der Waals surface area (Å²) in [6, 6.07) is 0.0761. The fourth-order valence-corrected chi connectivity index (χ4v) is 2.16. The first-order chi connectivity index (χ1) is 7.80.